The third-order valence-corrected chi connectivity index (χ3v) is 3.48. The third-order valence-electron chi connectivity index (χ3n) is 2.74. The highest BCUT2D eigenvalue weighted by molar-refractivity contribution is 9.10. The van der Waals surface area contributed by atoms with Crippen molar-refractivity contribution >= 4 is 15.9 Å². The molecule has 1 aromatic carbocycles. The van der Waals surface area contributed by atoms with E-state index in [1.807, 2.05) is 18.2 Å². The van der Waals surface area contributed by atoms with Crippen LogP contribution in [0.5, 0.6) is 11.5 Å². The van der Waals surface area contributed by atoms with Gasteiger partial charge >= 0.3 is 0 Å². The first-order valence-electron chi connectivity index (χ1n) is 5.84. The number of hydrogen-bond donors (Lipinski definition) is 2. The molecule has 2 rings (SSSR count). The molecule has 6 heteroatoms. The summed E-state index contributed by atoms with van der Waals surface area (Å²) in [6, 6.07) is 5.81. The molecule has 0 unspecified atom stereocenters. The Morgan fingerprint density at radius 2 is 1.95 bits per heavy atom. The summed E-state index contributed by atoms with van der Waals surface area (Å²) in [5.41, 5.74) is 2.16. The fourth-order valence-electron chi connectivity index (χ4n) is 1.75. The van der Waals surface area contributed by atoms with Crippen LogP contribution in [0, 0.1) is 0 Å². The van der Waals surface area contributed by atoms with Gasteiger partial charge in [0.25, 0.3) is 0 Å². The van der Waals surface area contributed by atoms with E-state index < -0.39 is 0 Å². The molecule has 0 saturated heterocycles. The van der Waals surface area contributed by atoms with Gasteiger partial charge in [-0.05, 0) is 23.8 Å². The summed E-state index contributed by atoms with van der Waals surface area (Å²) in [5, 5.41) is 10.2. The monoisotopic (exact) mass is 325 g/mol. The number of H-pyrrole nitrogens is 1. The minimum atomic E-state index is 0.715. The molecular weight excluding hydrogens is 310 g/mol. The molecule has 0 amide bonds. The summed E-state index contributed by atoms with van der Waals surface area (Å²) in [6.45, 7) is 1.46. The fourth-order valence-corrected chi connectivity index (χ4v) is 2.21. The highest BCUT2D eigenvalue weighted by Gasteiger charge is 2.09. The Morgan fingerprint density at radius 3 is 2.58 bits per heavy atom. The van der Waals surface area contributed by atoms with Gasteiger partial charge in [-0.15, -0.1) is 0 Å². The van der Waals surface area contributed by atoms with E-state index in [1.54, 1.807) is 20.4 Å². The van der Waals surface area contributed by atoms with Gasteiger partial charge in [-0.2, -0.15) is 5.10 Å². The molecule has 0 atom stereocenters. The summed E-state index contributed by atoms with van der Waals surface area (Å²) < 4.78 is 11.5. The number of nitrogens with zero attached hydrogens (tertiary/aromatic N) is 1. The molecular formula is C13H16BrN3O2. The molecule has 2 aromatic rings. The molecule has 0 radical (unpaired) electrons. The number of nitrogens with one attached hydrogen (secondary N) is 2. The van der Waals surface area contributed by atoms with Crippen LogP contribution in [0.3, 0.4) is 0 Å². The van der Waals surface area contributed by atoms with Gasteiger partial charge in [-0.1, -0.05) is 15.9 Å². The summed E-state index contributed by atoms with van der Waals surface area (Å²) in [7, 11) is 3.26. The van der Waals surface area contributed by atoms with Crippen molar-refractivity contribution in [1.82, 2.24) is 15.5 Å². The van der Waals surface area contributed by atoms with E-state index in [0.29, 0.717) is 5.75 Å². The van der Waals surface area contributed by atoms with Crippen molar-refractivity contribution in [2.24, 2.45) is 0 Å². The van der Waals surface area contributed by atoms with Crippen LogP contribution in [-0.4, -0.2) is 24.4 Å². The molecule has 1 heterocycles. The predicted octanol–water partition coefficient (Wildman–Crippen LogP) is 2.48. The van der Waals surface area contributed by atoms with Gasteiger partial charge in [0.1, 0.15) is 0 Å². The van der Waals surface area contributed by atoms with Crippen LogP contribution in [-0.2, 0) is 13.1 Å². The molecule has 19 heavy (non-hydrogen) atoms. The maximum absolute atomic E-state index is 5.29. The van der Waals surface area contributed by atoms with Crippen LogP contribution >= 0.6 is 15.9 Å². The van der Waals surface area contributed by atoms with Gasteiger partial charge in [0.15, 0.2) is 11.5 Å². The first kappa shape index (κ1) is 13.9. The van der Waals surface area contributed by atoms with Crippen LogP contribution in [0.1, 0.15) is 11.3 Å². The maximum atomic E-state index is 5.29. The number of methoxy groups -OCH3 is 2. The number of benzene rings is 1. The second-order valence-electron chi connectivity index (χ2n) is 3.98. The average molecular weight is 326 g/mol. The molecule has 2 N–H and O–H groups in total. The average Bonchev–Trinajstić information content (AvgIpc) is 2.93. The summed E-state index contributed by atoms with van der Waals surface area (Å²) in [6.07, 6.45) is 1.74. The van der Waals surface area contributed by atoms with Crippen LogP contribution in [0.4, 0.5) is 0 Å². The Morgan fingerprint density at radius 1 is 1.21 bits per heavy atom. The number of halogens is 1. The van der Waals surface area contributed by atoms with Crippen molar-refractivity contribution in [3.63, 3.8) is 0 Å². The van der Waals surface area contributed by atoms with Gasteiger partial charge in [0, 0.05) is 29.5 Å². The lowest BCUT2D eigenvalue weighted by atomic mass is 10.2. The van der Waals surface area contributed by atoms with E-state index in [0.717, 1.165) is 34.6 Å². The van der Waals surface area contributed by atoms with E-state index in [2.05, 4.69) is 31.4 Å². The third kappa shape index (κ3) is 3.48. The van der Waals surface area contributed by atoms with Crippen molar-refractivity contribution in [2.75, 3.05) is 14.2 Å². The topological polar surface area (TPSA) is 59.2 Å². The van der Waals surface area contributed by atoms with E-state index in [-0.39, 0.29) is 0 Å². The normalized spacial score (nSPS) is 10.5. The zero-order valence-electron chi connectivity index (χ0n) is 10.9. The second kappa shape index (κ2) is 6.58. The molecule has 1 aromatic heterocycles. The quantitative estimate of drug-likeness (QED) is 0.856. The Kier molecular flexibility index (Phi) is 4.81. The van der Waals surface area contributed by atoms with Crippen molar-refractivity contribution in [2.45, 2.75) is 13.1 Å². The highest BCUT2D eigenvalue weighted by Crippen LogP contribution is 2.33. The minimum Gasteiger partial charge on any atom is -0.493 e. The number of hydrogen-bond acceptors (Lipinski definition) is 4. The molecule has 0 spiro atoms. The molecule has 0 aliphatic heterocycles. The fraction of sp³-hybridized carbons (Fsp3) is 0.308. The number of ether oxygens (including phenoxy) is 2. The zero-order valence-corrected chi connectivity index (χ0v) is 12.5. The van der Waals surface area contributed by atoms with Crippen LogP contribution in [0.25, 0.3) is 0 Å². The van der Waals surface area contributed by atoms with Gasteiger partial charge in [-0.3, -0.25) is 5.10 Å². The first-order chi connectivity index (χ1) is 9.24. The Balaban J connectivity index is 2.03. The minimum absolute atomic E-state index is 0.715. The van der Waals surface area contributed by atoms with Crippen molar-refractivity contribution in [3.05, 3.63) is 40.1 Å². The molecule has 0 aliphatic carbocycles. The molecule has 0 fully saturated rings. The molecule has 0 aliphatic rings. The SMILES string of the molecule is COc1cc(Br)c(CNCc2ccn[nH]2)cc1OC. The molecule has 0 bridgehead atoms. The Bertz CT molecular complexity index is 529. The van der Waals surface area contributed by atoms with Gasteiger partial charge in [0.2, 0.25) is 0 Å². The van der Waals surface area contributed by atoms with E-state index >= 15 is 0 Å². The lowest BCUT2D eigenvalue weighted by molar-refractivity contribution is 0.354. The van der Waals surface area contributed by atoms with Crippen molar-refractivity contribution < 1.29 is 9.47 Å². The number of aromatic amines is 1. The summed E-state index contributed by atoms with van der Waals surface area (Å²) in [5.74, 6) is 1.44. The van der Waals surface area contributed by atoms with Crippen molar-refractivity contribution in [1.29, 1.82) is 0 Å². The smallest absolute Gasteiger partial charge is 0.161 e. The van der Waals surface area contributed by atoms with Crippen LogP contribution in [0.2, 0.25) is 0 Å². The Labute approximate surface area is 120 Å². The predicted molar refractivity (Wildman–Crippen MR) is 76.4 cm³/mol. The van der Waals surface area contributed by atoms with E-state index in [1.165, 1.54) is 0 Å². The zero-order chi connectivity index (χ0) is 13.7. The lowest BCUT2D eigenvalue weighted by Gasteiger charge is -2.12. The largest absolute Gasteiger partial charge is 0.493 e. The molecule has 0 saturated carbocycles. The highest BCUT2D eigenvalue weighted by atomic mass is 79.9. The van der Waals surface area contributed by atoms with E-state index in [9.17, 15) is 0 Å². The molecule has 5 nitrogen and oxygen atoms in total. The van der Waals surface area contributed by atoms with Crippen LogP contribution in [0.15, 0.2) is 28.9 Å². The first-order valence-corrected chi connectivity index (χ1v) is 6.63. The van der Waals surface area contributed by atoms with E-state index in [4.69, 9.17) is 9.47 Å². The standard InChI is InChI=1S/C13H16BrN3O2/c1-18-12-5-9(11(14)6-13(12)19-2)7-15-8-10-3-4-16-17-10/h3-6,15H,7-8H2,1-2H3,(H,16,17). The lowest BCUT2D eigenvalue weighted by Crippen LogP contribution is -2.13. The maximum Gasteiger partial charge on any atom is 0.161 e. The summed E-state index contributed by atoms with van der Waals surface area (Å²) >= 11 is 3.53. The Hall–Kier alpha value is -1.53. The van der Waals surface area contributed by atoms with Gasteiger partial charge in [-0.25, -0.2) is 0 Å². The van der Waals surface area contributed by atoms with Gasteiger partial charge < -0.3 is 14.8 Å². The number of aromatic nitrogens is 2. The second-order valence-corrected chi connectivity index (χ2v) is 4.84. The van der Waals surface area contributed by atoms with Crippen molar-refractivity contribution in [3.8, 4) is 11.5 Å². The summed E-state index contributed by atoms with van der Waals surface area (Å²) in [4.78, 5) is 0. The molecule has 102 valence electrons. The van der Waals surface area contributed by atoms with Gasteiger partial charge in [0.05, 0.1) is 14.2 Å². The van der Waals surface area contributed by atoms with Crippen LogP contribution < -0.4 is 14.8 Å². The number of rotatable bonds is 6.